The van der Waals surface area contributed by atoms with Crippen molar-refractivity contribution in [3.8, 4) is 0 Å². The van der Waals surface area contributed by atoms with Gasteiger partial charge in [0.15, 0.2) is 0 Å². The van der Waals surface area contributed by atoms with Crippen LogP contribution in [0.3, 0.4) is 0 Å². The lowest BCUT2D eigenvalue weighted by molar-refractivity contribution is -0.137. The van der Waals surface area contributed by atoms with Crippen molar-refractivity contribution in [3.05, 3.63) is 45.8 Å². The highest BCUT2D eigenvalue weighted by molar-refractivity contribution is 5.81. The number of azide groups is 1. The van der Waals surface area contributed by atoms with Crippen molar-refractivity contribution in [2.75, 3.05) is 13.1 Å². The number of hydrogen-bond acceptors (Lipinski definition) is 3. The summed E-state index contributed by atoms with van der Waals surface area (Å²) in [5.74, 6) is -0.696. The molecule has 0 fully saturated rings. The molecule has 1 unspecified atom stereocenters. The van der Waals surface area contributed by atoms with Crippen LogP contribution in [0.25, 0.3) is 10.4 Å². The number of carbonyl (C=O) groups is 1. The quantitative estimate of drug-likeness (QED) is 0.349. The van der Waals surface area contributed by atoms with Crippen LogP contribution in [0.5, 0.6) is 0 Å². The molecule has 0 radical (unpaired) electrons. The molecule has 0 saturated heterocycles. The second-order valence-electron chi connectivity index (χ2n) is 4.22. The zero-order chi connectivity index (χ0) is 15.9. The van der Waals surface area contributed by atoms with Crippen molar-refractivity contribution < 1.29 is 18.0 Å². The lowest BCUT2D eigenvalue weighted by Gasteiger charge is -2.16. The van der Waals surface area contributed by atoms with Crippen LogP contribution in [0.1, 0.15) is 23.6 Å². The first-order valence-electron chi connectivity index (χ1n) is 6.07. The van der Waals surface area contributed by atoms with E-state index in [1.807, 2.05) is 0 Å². The fourth-order valence-corrected chi connectivity index (χ4v) is 1.69. The Morgan fingerprint density at radius 3 is 2.48 bits per heavy atom. The van der Waals surface area contributed by atoms with Gasteiger partial charge in [-0.3, -0.25) is 4.79 Å². The highest BCUT2D eigenvalue weighted by atomic mass is 19.4. The zero-order valence-corrected chi connectivity index (χ0v) is 11.0. The minimum absolute atomic E-state index is 0.252. The van der Waals surface area contributed by atoms with Crippen molar-refractivity contribution in [3.63, 3.8) is 0 Å². The second-order valence-corrected chi connectivity index (χ2v) is 4.22. The van der Waals surface area contributed by atoms with Gasteiger partial charge in [0, 0.05) is 11.5 Å². The van der Waals surface area contributed by atoms with Crippen LogP contribution >= 0.6 is 0 Å². The highest BCUT2D eigenvalue weighted by Gasteiger charge is 2.30. The minimum Gasteiger partial charge on any atom is -0.368 e. The molecule has 0 aliphatic rings. The summed E-state index contributed by atoms with van der Waals surface area (Å²) in [5.41, 5.74) is 12.9. The standard InChI is InChI=1S/C12H14F3N5O/c13-12(14,15)9-4-2-8(3-5-9)10(11(16)21)18-6-1-7-19-20-17/h2-5,10,18H,1,6-7H2,(H2,16,21). The topological polar surface area (TPSA) is 104 Å². The van der Waals surface area contributed by atoms with E-state index in [9.17, 15) is 18.0 Å². The largest absolute Gasteiger partial charge is 0.416 e. The summed E-state index contributed by atoms with van der Waals surface area (Å²) in [7, 11) is 0. The van der Waals surface area contributed by atoms with E-state index in [1.165, 1.54) is 12.1 Å². The molecule has 6 nitrogen and oxygen atoms in total. The molecule has 1 amide bonds. The van der Waals surface area contributed by atoms with Gasteiger partial charge in [-0.2, -0.15) is 13.2 Å². The maximum Gasteiger partial charge on any atom is 0.416 e. The first kappa shape index (κ1) is 16.8. The SMILES string of the molecule is [N-]=[N+]=NCCCNC(C(N)=O)c1ccc(C(F)(F)F)cc1. The van der Waals surface area contributed by atoms with Gasteiger partial charge in [0.1, 0.15) is 6.04 Å². The van der Waals surface area contributed by atoms with Gasteiger partial charge in [-0.25, -0.2) is 0 Å². The molecule has 1 rings (SSSR count). The number of nitrogens with two attached hydrogens (primary N) is 1. The molecular weight excluding hydrogens is 287 g/mol. The van der Waals surface area contributed by atoms with Gasteiger partial charge in [0.25, 0.3) is 0 Å². The third-order valence-corrected chi connectivity index (χ3v) is 2.70. The lowest BCUT2D eigenvalue weighted by Crippen LogP contribution is -2.34. The smallest absolute Gasteiger partial charge is 0.368 e. The monoisotopic (exact) mass is 301 g/mol. The van der Waals surface area contributed by atoms with E-state index in [4.69, 9.17) is 11.3 Å². The maximum atomic E-state index is 12.5. The number of alkyl halides is 3. The number of rotatable bonds is 7. The number of halogens is 3. The predicted octanol–water partition coefficient (Wildman–Crippen LogP) is 2.52. The Morgan fingerprint density at radius 2 is 2.00 bits per heavy atom. The van der Waals surface area contributed by atoms with Crippen molar-refractivity contribution >= 4 is 5.91 Å². The van der Waals surface area contributed by atoms with Gasteiger partial charge in [0.05, 0.1) is 5.56 Å². The van der Waals surface area contributed by atoms with Gasteiger partial charge in [-0.1, -0.05) is 17.2 Å². The molecule has 21 heavy (non-hydrogen) atoms. The van der Waals surface area contributed by atoms with Crippen LogP contribution in [0.4, 0.5) is 13.2 Å². The van der Waals surface area contributed by atoms with Gasteiger partial charge in [-0.05, 0) is 36.2 Å². The fraction of sp³-hybridized carbons (Fsp3) is 0.417. The van der Waals surface area contributed by atoms with E-state index in [-0.39, 0.29) is 6.54 Å². The normalized spacial score (nSPS) is 12.5. The number of primary amides is 1. The minimum atomic E-state index is -4.43. The summed E-state index contributed by atoms with van der Waals surface area (Å²) in [6.07, 6.45) is -3.95. The van der Waals surface area contributed by atoms with E-state index in [0.29, 0.717) is 18.5 Å². The average Bonchev–Trinajstić information content (AvgIpc) is 2.41. The van der Waals surface area contributed by atoms with Crippen molar-refractivity contribution in [1.29, 1.82) is 0 Å². The fourth-order valence-electron chi connectivity index (χ4n) is 1.69. The van der Waals surface area contributed by atoms with E-state index >= 15 is 0 Å². The van der Waals surface area contributed by atoms with Gasteiger partial charge in [-0.15, -0.1) is 0 Å². The molecular formula is C12H14F3N5O. The molecule has 114 valence electrons. The molecule has 0 spiro atoms. The van der Waals surface area contributed by atoms with Gasteiger partial charge >= 0.3 is 6.18 Å². The summed E-state index contributed by atoms with van der Waals surface area (Å²) >= 11 is 0. The molecule has 1 atom stereocenters. The van der Waals surface area contributed by atoms with Crippen molar-refractivity contribution in [2.45, 2.75) is 18.6 Å². The van der Waals surface area contributed by atoms with E-state index in [1.54, 1.807) is 0 Å². The number of benzene rings is 1. The Bertz CT molecular complexity index is 523. The number of nitrogens with one attached hydrogen (secondary N) is 1. The van der Waals surface area contributed by atoms with Crippen LogP contribution < -0.4 is 11.1 Å². The van der Waals surface area contributed by atoms with E-state index in [2.05, 4.69) is 15.3 Å². The molecule has 0 aromatic heterocycles. The summed E-state index contributed by atoms with van der Waals surface area (Å²) in [6, 6.07) is 3.32. The molecule has 1 aromatic rings. The van der Waals surface area contributed by atoms with Crippen LogP contribution in [0.15, 0.2) is 29.4 Å². The first-order valence-corrected chi connectivity index (χ1v) is 6.07. The summed E-state index contributed by atoms with van der Waals surface area (Å²) in [4.78, 5) is 13.9. The summed E-state index contributed by atoms with van der Waals surface area (Å²) in [5, 5.41) is 6.14. The van der Waals surface area contributed by atoms with E-state index in [0.717, 1.165) is 12.1 Å². The summed E-state index contributed by atoms with van der Waals surface area (Å²) in [6.45, 7) is 0.593. The molecule has 0 aliphatic heterocycles. The maximum absolute atomic E-state index is 12.5. The first-order chi connectivity index (χ1) is 9.86. The van der Waals surface area contributed by atoms with Crippen molar-refractivity contribution in [2.24, 2.45) is 10.8 Å². The van der Waals surface area contributed by atoms with E-state index < -0.39 is 23.7 Å². The van der Waals surface area contributed by atoms with Crippen LogP contribution in [0.2, 0.25) is 0 Å². The molecule has 0 saturated carbocycles. The number of hydrogen-bond donors (Lipinski definition) is 2. The molecule has 0 heterocycles. The van der Waals surface area contributed by atoms with Crippen LogP contribution in [0, 0.1) is 0 Å². The Hall–Kier alpha value is -2.25. The number of amides is 1. The highest BCUT2D eigenvalue weighted by Crippen LogP contribution is 2.29. The average molecular weight is 301 g/mol. The van der Waals surface area contributed by atoms with Crippen LogP contribution in [-0.4, -0.2) is 19.0 Å². The predicted molar refractivity (Wildman–Crippen MR) is 70.0 cm³/mol. The Morgan fingerprint density at radius 1 is 1.38 bits per heavy atom. The molecule has 3 N–H and O–H groups in total. The molecule has 0 aliphatic carbocycles. The second kappa shape index (κ2) is 7.51. The molecule has 9 heteroatoms. The lowest BCUT2D eigenvalue weighted by atomic mass is 10.0. The number of nitrogens with zero attached hydrogens (tertiary/aromatic N) is 3. The zero-order valence-electron chi connectivity index (χ0n) is 11.0. The third kappa shape index (κ3) is 5.33. The molecule has 1 aromatic carbocycles. The summed E-state index contributed by atoms with van der Waals surface area (Å²) < 4.78 is 37.4. The van der Waals surface area contributed by atoms with Crippen LogP contribution in [-0.2, 0) is 11.0 Å². The Kier molecular flexibility index (Phi) is 6.01. The van der Waals surface area contributed by atoms with Gasteiger partial charge < -0.3 is 11.1 Å². The third-order valence-electron chi connectivity index (χ3n) is 2.70. The Labute approximate surface area is 118 Å². The van der Waals surface area contributed by atoms with Gasteiger partial charge in [0.2, 0.25) is 5.91 Å². The molecule has 0 bridgehead atoms. The van der Waals surface area contributed by atoms with Crippen molar-refractivity contribution in [1.82, 2.24) is 5.32 Å². The number of carbonyl (C=O) groups excluding carboxylic acids is 1. The Balaban J connectivity index is 2.72.